The molecule has 0 aliphatic heterocycles. The van der Waals surface area contributed by atoms with Gasteiger partial charge in [0, 0.05) is 34.4 Å². The molecule has 1 heterocycles. The monoisotopic (exact) mass is 500 g/mol. The molecule has 0 spiro atoms. The quantitative estimate of drug-likeness (QED) is 0.311. The molecule has 0 amide bonds. The molecule has 0 fully saturated rings. The summed E-state index contributed by atoms with van der Waals surface area (Å²) < 4.78 is 5.16. The summed E-state index contributed by atoms with van der Waals surface area (Å²) >= 11 is 5.95. The highest BCUT2D eigenvalue weighted by Crippen LogP contribution is 2.25. The first-order chi connectivity index (χ1) is 17.3. The molecule has 0 atom stereocenters. The van der Waals surface area contributed by atoms with Crippen LogP contribution in [-0.4, -0.2) is 41.8 Å². The van der Waals surface area contributed by atoms with Gasteiger partial charge in [-0.3, -0.25) is 14.6 Å². The van der Waals surface area contributed by atoms with Gasteiger partial charge in [0.2, 0.25) is 5.78 Å². The summed E-state index contributed by atoms with van der Waals surface area (Å²) in [5.41, 5.74) is 2.00. The van der Waals surface area contributed by atoms with Gasteiger partial charge in [-0.15, -0.1) is 0 Å². The lowest BCUT2D eigenvalue weighted by Gasteiger charge is -2.19. The van der Waals surface area contributed by atoms with Crippen LogP contribution in [0.3, 0.4) is 0 Å². The molecule has 7 nitrogen and oxygen atoms in total. The highest BCUT2D eigenvalue weighted by molar-refractivity contribution is 6.30. The number of methoxy groups -OCH3 is 1. The van der Waals surface area contributed by atoms with Crippen molar-refractivity contribution in [1.82, 2.24) is 4.98 Å². The number of ketones is 2. The summed E-state index contributed by atoms with van der Waals surface area (Å²) in [5, 5.41) is 10.2. The van der Waals surface area contributed by atoms with Gasteiger partial charge in [-0.05, 0) is 66.7 Å². The number of anilines is 2. The minimum absolute atomic E-state index is 0.0486. The van der Waals surface area contributed by atoms with E-state index >= 15 is 0 Å². The Morgan fingerprint density at radius 3 is 2.06 bits per heavy atom. The second-order valence-electron chi connectivity index (χ2n) is 7.93. The molecular weight excluding hydrogens is 480 g/mol. The van der Waals surface area contributed by atoms with Gasteiger partial charge in [-0.2, -0.15) is 0 Å². The van der Waals surface area contributed by atoms with Crippen molar-refractivity contribution in [2.75, 3.05) is 19.1 Å². The number of hydrogen-bond donors (Lipinski definition) is 1. The maximum atomic E-state index is 13.2. The van der Waals surface area contributed by atoms with Crippen molar-refractivity contribution < 1.29 is 24.2 Å². The van der Waals surface area contributed by atoms with Gasteiger partial charge in [0.1, 0.15) is 11.4 Å². The van der Waals surface area contributed by atoms with E-state index < -0.39 is 17.5 Å². The Morgan fingerprint density at radius 2 is 1.44 bits per heavy atom. The second kappa shape index (κ2) is 10.4. The van der Waals surface area contributed by atoms with E-state index in [1.54, 1.807) is 54.7 Å². The number of carboxylic acids is 1. The van der Waals surface area contributed by atoms with Crippen molar-refractivity contribution >= 4 is 40.5 Å². The molecule has 0 radical (unpaired) electrons. The maximum absolute atomic E-state index is 13.2. The van der Waals surface area contributed by atoms with E-state index in [1.807, 2.05) is 24.1 Å². The second-order valence-corrected chi connectivity index (χ2v) is 8.37. The average molecular weight is 501 g/mol. The molecule has 8 heteroatoms. The van der Waals surface area contributed by atoms with E-state index in [-0.39, 0.29) is 22.4 Å². The predicted octanol–water partition coefficient (Wildman–Crippen LogP) is 5.67. The summed E-state index contributed by atoms with van der Waals surface area (Å²) in [6.07, 6.45) is 1.55. The lowest BCUT2D eigenvalue weighted by molar-refractivity contribution is 0.0697. The highest BCUT2D eigenvalue weighted by atomic mass is 35.5. The molecule has 0 bridgehead atoms. The summed E-state index contributed by atoms with van der Waals surface area (Å²) in [6, 6.07) is 20.9. The molecule has 1 N–H and O–H groups in total. The number of carboxylic acid groups (broad SMARTS) is 1. The van der Waals surface area contributed by atoms with E-state index in [2.05, 4.69) is 4.98 Å². The van der Waals surface area contributed by atoms with Crippen molar-refractivity contribution in [1.29, 1.82) is 0 Å². The van der Waals surface area contributed by atoms with Gasteiger partial charge in [0.05, 0.1) is 24.6 Å². The van der Waals surface area contributed by atoms with Crippen LogP contribution in [-0.2, 0) is 0 Å². The number of nitrogens with zero attached hydrogens (tertiary/aromatic N) is 2. The summed E-state index contributed by atoms with van der Waals surface area (Å²) in [6.45, 7) is 0. The van der Waals surface area contributed by atoms with Gasteiger partial charge >= 0.3 is 5.97 Å². The van der Waals surface area contributed by atoms with Crippen molar-refractivity contribution in [3.8, 4) is 5.75 Å². The normalized spacial score (nSPS) is 10.5. The van der Waals surface area contributed by atoms with Crippen LogP contribution in [0.5, 0.6) is 5.75 Å². The minimum atomic E-state index is -1.25. The Hall–Kier alpha value is -4.49. The number of carbonyl (C=O) groups excluding carboxylic acids is 2. The molecule has 0 aliphatic carbocycles. The SMILES string of the molecule is COc1cccc(C(=O)c2cc(C(=O)O)cc(C(=O)c3ccc(N(C)c4ccc(Cl)cc4)cn3)c2)c1. The van der Waals surface area contributed by atoms with Crippen LogP contribution < -0.4 is 9.64 Å². The third kappa shape index (κ3) is 5.26. The number of halogens is 1. The molecule has 36 heavy (non-hydrogen) atoms. The largest absolute Gasteiger partial charge is 0.497 e. The Balaban J connectivity index is 1.65. The summed E-state index contributed by atoms with van der Waals surface area (Å²) in [5.74, 6) is -1.70. The topological polar surface area (TPSA) is 96.8 Å². The molecule has 0 saturated carbocycles. The van der Waals surface area contributed by atoms with Crippen LogP contribution in [0.4, 0.5) is 11.4 Å². The predicted molar refractivity (Wildman–Crippen MR) is 137 cm³/mol. The molecule has 4 rings (SSSR count). The van der Waals surface area contributed by atoms with E-state index in [9.17, 15) is 19.5 Å². The van der Waals surface area contributed by atoms with Crippen molar-refractivity contribution in [3.05, 3.63) is 118 Å². The molecule has 180 valence electrons. The smallest absolute Gasteiger partial charge is 0.335 e. The molecule has 4 aromatic rings. The maximum Gasteiger partial charge on any atom is 0.335 e. The number of carbonyl (C=O) groups is 3. The number of benzene rings is 3. The Labute approximate surface area is 212 Å². The molecule has 0 unspecified atom stereocenters. The fourth-order valence-electron chi connectivity index (χ4n) is 3.62. The molecule has 0 aliphatic rings. The van der Waals surface area contributed by atoms with Crippen LogP contribution >= 0.6 is 11.6 Å². The zero-order chi connectivity index (χ0) is 25.8. The average Bonchev–Trinajstić information content (AvgIpc) is 2.92. The number of hydrogen-bond acceptors (Lipinski definition) is 6. The summed E-state index contributed by atoms with van der Waals surface area (Å²) in [7, 11) is 3.34. The van der Waals surface area contributed by atoms with Gasteiger partial charge in [0.15, 0.2) is 5.78 Å². The van der Waals surface area contributed by atoms with Crippen molar-refractivity contribution in [2.24, 2.45) is 0 Å². The van der Waals surface area contributed by atoms with Crippen LogP contribution in [0.15, 0.2) is 85.1 Å². The number of aromatic carboxylic acids is 1. The van der Waals surface area contributed by atoms with E-state index in [1.165, 1.54) is 25.3 Å². The number of rotatable bonds is 8. The first kappa shape index (κ1) is 24.6. The van der Waals surface area contributed by atoms with Crippen molar-refractivity contribution in [3.63, 3.8) is 0 Å². The molecule has 1 aromatic heterocycles. The van der Waals surface area contributed by atoms with Gasteiger partial charge < -0.3 is 14.7 Å². The molecular formula is C28H21ClN2O5. The lowest BCUT2D eigenvalue weighted by atomic mass is 9.96. The van der Waals surface area contributed by atoms with Crippen molar-refractivity contribution in [2.45, 2.75) is 0 Å². The minimum Gasteiger partial charge on any atom is -0.497 e. The van der Waals surface area contributed by atoms with Gasteiger partial charge in [-0.1, -0.05) is 23.7 Å². The standard InChI is InChI=1S/C28H21ClN2O5/c1-31(22-8-6-21(29)7-9-22)23-10-11-25(30-16-23)27(33)19-12-18(13-20(14-19)28(34)35)26(32)17-4-3-5-24(15-17)36-2/h3-16H,1-2H3,(H,34,35). The van der Waals surface area contributed by atoms with Crippen LogP contribution in [0.1, 0.15) is 42.3 Å². The zero-order valence-corrected chi connectivity index (χ0v) is 20.2. The molecule has 3 aromatic carbocycles. The van der Waals surface area contributed by atoms with Gasteiger partial charge in [-0.25, -0.2) is 4.79 Å². The number of ether oxygens (including phenoxy) is 1. The third-order valence-electron chi connectivity index (χ3n) is 5.62. The fourth-order valence-corrected chi connectivity index (χ4v) is 3.75. The first-order valence-corrected chi connectivity index (χ1v) is 11.2. The van der Waals surface area contributed by atoms with E-state index in [0.717, 1.165) is 11.4 Å². The first-order valence-electron chi connectivity index (χ1n) is 10.8. The van der Waals surface area contributed by atoms with Crippen LogP contribution in [0, 0.1) is 0 Å². The Morgan fingerprint density at radius 1 is 0.806 bits per heavy atom. The van der Waals surface area contributed by atoms with E-state index in [4.69, 9.17) is 16.3 Å². The van der Waals surface area contributed by atoms with E-state index in [0.29, 0.717) is 16.3 Å². The van der Waals surface area contributed by atoms with Crippen LogP contribution in [0.25, 0.3) is 0 Å². The number of pyridine rings is 1. The van der Waals surface area contributed by atoms with Gasteiger partial charge in [0.25, 0.3) is 0 Å². The summed E-state index contributed by atoms with van der Waals surface area (Å²) in [4.78, 5) is 44.2. The fraction of sp³-hybridized carbons (Fsp3) is 0.0714. The molecule has 0 saturated heterocycles. The Kier molecular flexibility index (Phi) is 7.12. The number of aromatic nitrogens is 1. The lowest BCUT2D eigenvalue weighted by Crippen LogP contribution is -2.12. The van der Waals surface area contributed by atoms with Crippen LogP contribution in [0.2, 0.25) is 5.02 Å². The Bertz CT molecular complexity index is 1450. The third-order valence-corrected chi connectivity index (χ3v) is 5.87. The highest BCUT2D eigenvalue weighted by Gasteiger charge is 2.19. The zero-order valence-electron chi connectivity index (χ0n) is 19.4.